The van der Waals surface area contributed by atoms with Gasteiger partial charge in [0.15, 0.2) is 23.1 Å². The molecular weight excluding hydrogens is 843 g/mol. The van der Waals surface area contributed by atoms with E-state index in [4.69, 9.17) is 56.4 Å². The fourth-order valence-corrected chi connectivity index (χ4v) is 17.5. The fraction of sp³-hybridized carbons (Fsp3) is 0.830. The third kappa shape index (κ3) is 4.32. The highest BCUT2D eigenvalue weighted by Gasteiger charge is 2.93. The number of Topliss-reactive ketones (excluding diaryl/α,β-unsaturated/α-hetero) is 2. The molecule has 4 N–H and O–H groups in total. The second-order valence-corrected chi connectivity index (χ2v) is 23.8. The van der Waals surface area contributed by atoms with E-state index in [9.17, 15) is 30.0 Å². The lowest BCUT2D eigenvalue weighted by Crippen LogP contribution is -2.88. The smallest absolute Gasteiger partial charge is 0.213 e. The topological polar surface area (TPSA) is 183 Å². The molecule has 62 heavy (non-hydrogen) atoms. The van der Waals surface area contributed by atoms with Gasteiger partial charge in [-0.25, -0.2) is 0 Å². The highest BCUT2D eigenvalue weighted by Crippen LogP contribution is 2.82. The van der Waals surface area contributed by atoms with E-state index < -0.39 is 92.3 Å². The zero-order chi connectivity index (χ0) is 44.7. The van der Waals surface area contributed by atoms with E-state index in [-0.39, 0.29) is 64.6 Å². The average Bonchev–Trinajstić information content (AvgIpc) is 3.97. The molecule has 0 aromatic rings. The lowest BCUT2D eigenvalue weighted by Gasteiger charge is -2.76. The van der Waals surface area contributed by atoms with Crippen LogP contribution in [0.25, 0.3) is 0 Å². The number of aliphatic hydroxyl groups excluding tert-OH is 4. The maximum absolute atomic E-state index is 14.0. The third-order valence-corrected chi connectivity index (χ3v) is 19.3. The molecule has 6 spiro atoms. The first kappa shape index (κ1) is 43.3. The van der Waals surface area contributed by atoms with Crippen LogP contribution >= 0.6 is 23.2 Å². The van der Waals surface area contributed by atoms with Gasteiger partial charge in [-0.05, 0) is 81.8 Å². The first-order chi connectivity index (χ1) is 28.8. The Labute approximate surface area is 372 Å². The van der Waals surface area contributed by atoms with Crippen LogP contribution in [0, 0.1) is 68.0 Å². The van der Waals surface area contributed by atoms with Gasteiger partial charge in [-0.2, -0.15) is 0 Å². The number of epoxide rings is 1. The standard InChI is InChI=1S/C23H30O7.C23H30O6.CH2Cl2/c1-9-10-6-7-11-21-8-27-23(22(11,14(9)24)17(10)29-20(4,5)30-23)16(26)13(21)19(2,3)15(25)12-18(21)28-12;1-11-12-6-7-13-21-9-8-14(24)19(2,3)15(21)17(26)23(27-10-21)22(13,16(11)25)18(12)28-20(4,5)29-23;2-1-3/h10-13,15-18,25-26H,1,6-8H2,2-5H3;8-9,12-15,17-18,24,26H,1,6-7,10H2,2-5H3;1H2/t10-,11-,12+,13+,15-,16-,17+,18+,21-,22-,23-;12-,13-,14-,15+,17-,18+,21+,22-,23-;/m00./s1. The van der Waals surface area contributed by atoms with Gasteiger partial charge < -0.3 is 53.6 Å². The molecule has 8 aliphatic carbocycles. The quantitative estimate of drug-likeness (QED) is 0.115. The van der Waals surface area contributed by atoms with Crippen molar-refractivity contribution < 1.29 is 63.2 Å². The summed E-state index contributed by atoms with van der Waals surface area (Å²) in [7, 11) is 0. The number of ether oxygens (including phenoxy) is 7. The SMILES string of the molecule is C=C1C(=O)[C@@]23[C@@H]4OC(C)(C)O[C@]25OC[C@]2(C=C[C@H](O)C(C)(C)[C@H]2[C@@H]5O)[C@@H]3CC[C@@H]14.C=C1C(=O)[C@@]23[C@@H]4OC(C)(C)O[C@]25OC[C@]2([C@@H]6O[C@@H]6[C@H](O)C(C)(C)[C@H]2[C@@H]5O)[C@@H]3CC[C@@H]14.ClCCl. The van der Waals surface area contributed by atoms with Crippen LogP contribution in [0.3, 0.4) is 0 Å². The van der Waals surface area contributed by atoms with Gasteiger partial charge in [0, 0.05) is 39.9 Å². The minimum absolute atomic E-state index is 0.0700. The van der Waals surface area contributed by atoms with E-state index in [1.165, 1.54) is 0 Å². The van der Waals surface area contributed by atoms with Crippen molar-refractivity contribution in [3.05, 3.63) is 36.5 Å². The summed E-state index contributed by atoms with van der Waals surface area (Å²) in [5, 5.41) is 45.9. The first-order valence-corrected chi connectivity index (χ1v) is 23.6. The summed E-state index contributed by atoms with van der Waals surface area (Å²) in [5.41, 5.74) is -3.40. The minimum atomic E-state index is -1.51. The molecule has 20 atom stereocenters. The van der Waals surface area contributed by atoms with Gasteiger partial charge in [0.05, 0.1) is 49.1 Å². The van der Waals surface area contributed by atoms with Gasteiger partial charge in [0.1, 0.15) is 29.1 Å². The summed E-state index contributed by atoms with van der Waals surface area (Å²) < 4.78 is 44.8. The predicted octanol–water partition coefficient (Wildman–Crippen LogP) is 4.53. The molecule has 14 fully saturated rings. The minimum Gasteiger partial charge on any atom is -0.390 e. The van der Waals surface area contributed by atoms with Gasteiger partial charge in [-0.1, -0.05) is 53.0 Å². The van der Waals surface area contributed by atoms with Crippen LogP contribution in [0.15, 0.2) is 36.5 Å². The Hall–Kier alpha value is -1.30. The molecular formula is C47H62Cl2O13. The van der Waals surface area contributed by atoms with Crippen LogP contribution in [0.2, 0.25) is 0 Å². The largest absolute Gasteiger partial charge is 0.390 e. The second kappa shape index (κ2) is 12.4. The van der Waals surface area contributed by atoms with Gasteiger partial charge in [0.2, 0.25) is 11.6 Å². The average molecular weight is 906 g/mol. The number of halogens is 2. The fourth-order valence-electron chi connectivity index (χ4n) is 17.5. The van der Waals surface area contributed by atoms with Gasteiger partial charge in [-0.15, -0.1) is 23.2 Å². The van der Waals surface area contributed by atoms with Crippen LogP contribution in [-0.4, -0.2) is 123 Å². The molecule has 7 saturated carbocycles. The number of fused-ring (bicyclic) bond motifs is 3. The van der Waals surface area contributed by atoms with E-state index in [0.29, 0.717) is 24.4 Å². The Balaban J connectivity index is 0.000000131. The van der Waals surface area contributed by atoms with Crippen molar-refractivity contribution in [2.45, 2.75) is 153 Å². The summed E-state index contributed by atoms with van der Waals surface area (Å²) in [6.07, 6.45) is 2.24. The Bertz CT molecular complexity index is 2100. The summed E-state index contributed by atoms with van der Waals surface area (Å²) in [5.74, 6) is -6.16. The van der Waals surface area contributed by atoms with Crippen LogP contribution in [0.1, 0.15) is 81.1 Å². The number of carbonyl (C=O) groups is 2. The lowest BCUT2D eigenvalue weighted by atomic mass is 9.35. The van der Waals surface area contributed by atoms with Crippen molar-refractivity contribution in [3.8, 4) is 0 Å². The van der Waals surface area contributed by atoms with Crippen molar-refractivity contribution in [1.29, 1.82) is 0 Å². The molecule has 7 aliphatic heterocycles. The summed E-state index contributed by atoms with van der Waals surface area (Å²) in [4.78, 5) is 27.8. The van der Waals surface area contributed by atoms with Crippen molar-refractivity contribution >= 4 is 34.8 Å². The normalized spacial score (nSPS) is 58.0. The molecule has 0 aromatic carbocycles. The first-order valence-electron chi connectivity index (χ1n) is 22.5. The Morgan fingerprint density at radius 1 is 0.661 bits per heavy atom. The third-order valence-electron chi connectivity index (χ3n) is 19.3. The van der Waals surface area contributed by atoms with Gasteiger partial charge in [0.25, 0.3) is 0 Å². The number of rotatable bonds is 0. The maximum atomic E-state index is 14.0. The molecule has 0 amide bonds. The lowest BCUT2D eigenvalue weighted by molar-refractivity contribution is -0.530. The molecule has 7 saturated heterocycles. The number of hydrogen-bond donors (Lipinski definition) is 4. The molecule has 15 rings (SSSR count). The molecule has 0 aromatic heterocycles. The van der Waals surface area contributed by atoms with Crippen molar-refractivity contribution in [2.24, 2.45) is 68.0 Å². The van der Waals surface area contributed by atoms with E-state index in [0.717, 1.165) is 25.7 Å². The zero-order valence-electron chi connectivity index (χ0n) is 36.8. The number of alkyl halides is 2. The zero-order valence-corrected chi connectivity index (χ0v) is 38.3. The van der Waals surface area contributed by atoms with Crippen molar-refractivity contribution in [2.75, 3.05) is 18.6 Å². The molecule has 342 valence electrons. The monoisotopic (exact) mass is 904 g/mol. The summed E-state index contributed by atoms with van der Waals surface area (Å²) >= 11 is 9.53. The molecule has 0 unspecified atom stereocenters. The molecule has 7 heterocycles. The maximum Gasteiger partial charge on any atom is 0.213 e. The predicted molar refractivity (Wildman–Crippen MR) is 221 cm³/mol. The number of carbonyl (C=O) groups excluding carboxylic acids is 2. The van der Waals surface area contributed by atoms with E-state index in [1.54, 1.807) is 0 Å². The molecule has 8 bridgehead atoms. The van der Waals surface area contributed by atoms with Gasteiger partial charge >= 0.3 is 0 Å². The van der Waals surface area contributed by atoms with Crippen LogP contribution in [-0.2, 0) is 42.7 Å². The van der Waals surface area contributed by atoms with Crippen molar-refractivity contribution in [3.63, 3.8) is 0 Å². The van der Waals surface area contributed by atoms with Crippen LogP contribution < -0.4 is 0 Å². The van der Waals surface area contributed by atoms with E-state index in [2.05, 4.69) is 13.2 Å². The highest BCUT2D eigenvalue weighted by atomic mass is 35.5. The van der Waals surface area contributed by atoms with Gasteiger partial charge in [-0.3, -0.25) is 9.59 Å². The molecule has 0 radical (unpaired) electrons. The highest BCUT2D eigenvalue weighted by molar-refractivity contribution is 6.40. The summed E-state index contributed by atoms with van der Waals surface area (Å²) in [6.45, 7) is 24.3. The Morgan fingerprint density at radius 2 is 1.15 bits per heavy atom. The van der Waals surface area contributed by atoms with Crippen LogP contribution in [0.4, 0.5) is 0 Å². The number of hydrogen-bond acceptors (Lipinski definition) is 13. The van der Waals surface area contributed by atoms with Crippen LogP contribution in [0.5, 0.6) is 0 Å². The number of aliphatic hydroxyl groups is 4. The Kier molecular flexibility index (Phi) is 8.67. The van der Waals surface area contributed by atoms with E-state index in [1.807, 2.05) is 67.5 Å². The molecule has 15 aliphatic rings. The van der Waals surface area contributed by atoms with Crippen molar-refractivity contribution in [1.82, 2.24) is 0 Å². The summed E-state index contributed by atoms with van der Waals surface area (Å²) in [6, 6.07) is 0. The Morgan fingerprint density at radius 3 is 1.69 bits per heavy atom. The molecule has 15 heteroatoms. The van der Waals surface area contributed by atoms with E-state index >= 15 is 0 Å². The molecule has 13 nitrogen and oxygen atoms in total. The second-order valence-electron chi connectivity index (χ2n) is 23.0. The number of ketones is 2.